The molecule has 8 heteroatoms. The second-order valence-electron chi connectivity index (χ2n) is 4.48. The highest BCUT2D eigenvalue weighted by atomic mass is 19.1. The van der Waals surface area contributed by atoms with Crippen LogP contribution in [-0.2, 0) is 14.1 Å². The zero-order chi connectivity index (χ0) is 15.9. The molecule has 0 aliphatic heterocycles. The summed E-state index contributed by atoms with van der Waals surface area (Å²) < 4.78 is 28.5. The van der Waals surface area contributed by atoms with Crippen molar-refractivity contribution in [2.75, 3.05) is 5.73 Å². The Hall–Kier alpha value is -2.77. The number of rotatable bonds is 2. The number of halogens is 2. The maximum atomic E-state index is 13.7. The highest BCUT2D eigenvalue weighted by Crippen LogP contribution is 2.18. The minimum atomic E-state index is -1.14. The summed E-state index contributed by atoms with van der Waals surface area (Å²) in [5, 5.41) is 0. The number of nitrogen functional groups attached to an aromatic ring is 1. The summed E-state index contributed by atoms with van der Waals surface area (Å²) in [5.41, 5.74) is 2.43. The molecule has 2 N–H and O–H groups in total. The molecule has 2 aromatic rings. The zero-order valence-electron chi connectivity index (χ0n) is 11.2. The van der Waals surface area contributed by atoms with Gasteiger partial charge < -0.3 is 10.3 Å². The number of nitrogens with zero attached hydrogens (tertiary/aromatic N) is 2. The van der Waals surface area contributed by atoms with E-state index in [1.807, 2.05) is 0 Å². The van der Waals surface area contributed by atoms with Gasteiger partial charge in [-0.05, 0) is 6.07 Å². The number of anilines is 1. The smallest absolute Gasteiger partial charge is 0.330 e. The number of nitrogens with two attached hydrogens (primary N) is 1. The third kappa shape index (κ3) is 2.35. The lowest BCUT2D eigenvalue weighted by Crippen LogP contribution is -2.39. The van der Waals surface area contributed by atoms with Crippen molar-refractivity contribution in [2.45, 2.75) is 0 Å². The largest absolute Gasteiger partial charge is 0.396 e. The van der Waals surface area contributed by atoms with E-state index in [-0.39, 0.29) is 0 Å². The first-order valence-corrected chi connectivity index (χ1v) is 5.80. The summed E-state index contributed by atoms with van der Waals surface area (Å²) in [4.78, 5) is 35.7. The molecule has 1 aromatic heterocycles. The minimum Gasteiger partial charge on any atom is -0.396 e. The van der Waals surface area contributed by atoms with Gasteiger partial charge in [0.2, 0.25) is 5.78 Å². The van der Waals surface area contributed by atoms with Crippen molar-refractivity contribution in [1.82, 2.24) is 9.13 Å². The Morgan fingerprint density at radius 3 is 2.33 bits per heavy atom. The maximum absolute atomic E-state index is 13.7. The average molecular weight is 295 g/mol. The molecule has 0 saturated carbocycles. The SMILES string of the molecule is Cn1cc(C(=O)c2cc(N)c(F)cc2F)c(=O)n(C)c1=O. The number of ketones is 1. The van der Waals surface area contributed by atoms with Gasteiger partial charge in [0.25, 0.3) is 5.56 Å². The van der Waals surface area contributed by atoms with E-state index in [1.54, 1.807) is 0 Å². The molecule has 21 heavy (non-hydrogen) atoms. The summed E-state index contributed by atoms with van der Waals surface area (Å²) in [6.45, 7) is 0. The van der Waals surface area contributed by atoms with Gasteiger partial charge in [0, 0.05) is 26.4 Å². The fourth-order valence-corrected chi connectivity index (χ4v) is 1.85. The Balaban J connectivity index is 2.70. The van der Waals surface area contributed by atoms with Gasteiger partial charge in [0.1, 0.15) is 17.2 Å². The number of carbonyl (C=O) groups is 1. The molecule has 0 spiro atoms. The van der Waals surface area contributed by atoms with E-state index in [4.69, 9.17) is 5.73 Å². The predicted molar refractivity (Wildman–Crippen MR) is 71.1 cm³/mol. The van der Waals surface area contributed by atoms with Crippen molar-refractivity contribution >= 4 is 11.5 Å². The van der Waals surface area contributed by atoms with Crippen LogP contribution in [0.3, 0.4) is 0 Å². The van der Waals surface area contributed by atoms with Crippen LogP contribution in [0.25, 0.3) is 0 Å². The van der Waals surface area contributed by atoms with Crippen molar-refractivity contribution in [3.8, 4) is 0 Å². The third-order valence-corrected chi connectivity index (χ3v) is 3.02. The van der Waals surface area contributed by atoms with E-state index in [0.717, 1.165) is 21.4 Å². The van der Waals surface area contributed by atoms with Crippen LogP contribution in [-0.4, -0.2) is 14.9 Å². The molecule has 6 nitrogen and oxygen atoms in total. The van der Waals surface area contributed by atoms with Crippen molar-refractivity contribution in [2.24, 2.45) is 14.1 Å². The highest BCUT2D eigenvalue weighted by molar-refractivity contribution is 6.09. The lowest BCUT2D eigenvalue weighted by Gasteiger charge is -2.07. The summed E-state index contributed by atoms with van der Waals surface area (Å²) in [6.07, 6.45) is 1.01. The fraction of sp³-hybridized carbons (Fsp3) is 0.154. The van der Waals surface area contributed by atoms with Crippen LogP contribution in [0.4, 0.5) is 14.5 Å². The summed E-state index contributed by atoms with van der Waals surface area (Å²) in [5.74, 6) is -3.12. The van der Waals surface area contributed by atoms with Gasteiger partial charge in [-0.25, -0.2) is 13.6 Å². The molecule has 0 radical (unpaired) electrons. The van der Waals surface area contributed by atoms with E-state index >= 15 is 0 Å². The Bertz CT molecular complexity index is 868. The molecule has 1 heterocycles. The number of benzene rings is 1. The van der Waals surface area contributed by atoms with Crippen molar-refractivity contribution in [3.05, 3.63) is 61.9 Å². The molecule has 0 fully saturated rings. The first kappa shape index (κ1) is 14.6. The molecule has 2 rings (SSSR count). The lowest BCUT2D eigenvalue weighted by molar-refractivity contribution is 0.103. The maximum Gasteiger partial charge on any atom is 0.330 e. The standard InChI is InChI=1S/C13H11F2N3O3/c1-17-5-7(12(20)18(2)13(17)21)11(19)6-3-10(16)9(15)4-8(6)14/h3-5H,16H2,1-2H3. The lowest BCUT2D eigenvalue weighted by atomic mass is 10.0. The van der Waals surface area contributed by atoms with Crippen molar-refractivity contribution in [1.29, 1.82) is 0 Å². The van der Waals surface area contributed by atoms with Gasteiger partial charge in [-0.2, -0.15) is 0 Å². The van der Waals surface area contributed by atoms with Crippen LogP contribution in [0.1, 0.15) is 15.9 Å². The average Bonchev–Trinajstić information content (AvgIpc) is 2.43. The van der Waals surface area contributed by atoms with Crippen LogP contribution in [0.2, 0.25) is 0 Å². The molecule has 0 amide bonds. The van der Waals surface area contributed by atoms with Crippen LogP contribution in [0.5, 0.6) is 0 Å². The minimum absolute atomic E-state index is 0.412. The Morgan fingerprint density at radius 1 is 1.10 bits per heavy atom. The second kappa shape index (κ2) is 4.97. The number of aromatic nitrogens is 2. The van der Waals surface area contributed by atoms with E-state index in [9.17, 15) is 23.2 Å². The highest BCUT2D eigenvalue weighted by Gasteiger charge is 2.21. The number of hydrogen-bond acceptors (Lipinski definition) is 4. The fourth-order valence-electron chi connectivity index (χ4n) is 1.85. The van der Waals surface area contributed by atoms with Gasteiger partial charge in [0.15, 0.2) is 0 Å². The normalized spacial score (nSPS) is 10.7. The molecule has 1 aromatic carbocycles. The molecule has 0 atom stereocenters. The first-order chi connectivity index (χ1) is 9.73. The topological polar surface area (TPSA) is 87.1 Å². The van der Waals surface area contributed by atoms with Crippen LogP contribution < -0.4 is 17.0 Å². The van der Waals surface area contributed by atoms with Gasteiger partial charge >= 0.3 is 5.69 Å². The summed E-state index contributed by atoms with van der Waals surface area (Å²) in [6, 6.07) is 1.28. The van der Waals surface area contributed by atoms with E-state index < -0.39 is 45.5 Å². The monoisotopic (exact) mass is 295 g/mol. The summed E-state index contributed by atoms with van der Waals surface area (Å²) in [7, 11) is 2.53. The second-order valence-corrected chi connectivity index (χ2v) is 4.48. The van der Waals surface area contributed by atoms with Crippen molar-refractivity contribution < 1.29 is 13.6 Å². The summed E-state index contributed by atoms with van der Waals surface area (Å²) >= 11 is 0. The molecule has 0 aliphatic rings. The Labute approximate surface area is 117 Å². The molecule has 110 valence electrons. The third-order valence-electron chi connectivity index (χ3n) is 3.02. The first-order valence-electron chi connectivity index (χ1n) is 5.80. The van der Waals surface area contributed by atoms with Gasteiger partial charge in [-0.15, -0.1) is 0 Å². The Kier molecular flexibility index (Phi) is 3.46. The van der Waals surface area contributed by atoms with E-state index in [2.05, 4.69) is 0 Å². The molecule has 0 unspecified atom stereocenters. The molecular formula is C13H11F2N3O3. The van der Waals surface area contributed by atoms with Crippen molar-refractivity contribution in [3.63, 3.8) is 0 Å². The van der Waals surface area contributed by atoms with Gasteiger partial charge in [0.05, 0.1) is 11.3 Å². The Morgan fingerprint density at radius 2 is 1.71 bits per heavy atom. The van der Waals surface area contributed by atoms with Gasteiger partial charge in [-0.1, -0.05) is 0 Å². The molecule has 0 saturated heterocycles. The van der Waals surface area contributed by atoms with Crippen LogP contribution in [0.15, 0.2) is 27.9 Å². The zero-order valence-corrected chi connectivity index (χ0v) is 11.2. The number of aryl methyl sites for hydroxylation is 1. The van der Waals surface area contributed by atoms with E-state index in [0.29, 0.717) is 6.07 Å². The predicted octanol–water partition coefficient (Wildman–Crippen LogP) is 0.175. The molecule has 0 aliphatic carbocycles. The number of hydrogen-bond donors (Lipinski definition) is 1. The van der Waals surface area contributed by atoms with Crippen LogP contribution in [0, 0.1) is 11.6 Å². The van der Waals surface area contributed by atoms with Gasteiger partial charge in [-0.3, -0.25) is 14.2 Å². The van der Waals surface area contributed by atoms with Crippen LogP contribution >= 0.6 is 0 Å². The number of carbonyl (C=O) groups excluding carboxylic acids is 1. The molecular weight excluding hydrogens is 284 g/mol. The quantitative estimate of drug-likeness (QED) is 0.632. The molecule has 0 bridgehead atoms. The van der Waals surface area contributed by atoms with E-state index in [1.165, 1.54) is 14.1 Å².